The van der Waals surface area contributed by atoms with Gasteiger partial charge in [0.05, 0.1) is 12.5 Å². The average molecular weight is 306 g/mol. The van der Waals surface area contributed by atoms with Crippen molar-refractivity contribution >= 4 is 19.9 Å². The number of ether oxygens (including phenoxy) is 1. The Balaban J connectivity index is 2.54. The van der Waals surface area contributed by atoms with Gasteiger partial charge >= 0.3 is 0 Å². The number of carbonyl (C=O) groups excluding carboxylic acids is 2. The summed E-state index contributed by atoms with van der Waals surface area (Å²) in [5.74, 6) is 0.555. The fourth-order valence-electron chi connectivity index (χ4n) is 2.80. The number of fused-ring (bicyclic) bond motifs is 1. The third-order valence-electron chi connectivity index (χ3n) is 3.89. The molecule has 0 amide bonds. The van der Waals surface area contributed by atoms with Crippen molar-refractivity contribution < 1.29 is 18.8 Å². The Morgan fingerprint density at radius 2 is 1.81 bits per heavy atom. The first kappa shape index (κ1) is 15.8. The molecule has 0 radical (unpaired) electrons. The summed E-state index contributed by atoms with van der Waals surface area (Å²) < 4.78 is 11.1. The van der Waals surface area contributed by atoms with E-state index in [0.717, 1.165) is 11.3 Å². The highest BCUT2D eigenvalue weighted by atomic mass is 28.4. The molecule has 21 heavy (non-hydrogen) atoms. The molecule has 0 N–H and O–H groups in total. The van der Waals surface area contributed by atoms with Crippen LogP contribution in [0.4, 0.5) is 0 Å². The number of hydrogen-bond donors (Lipinski definition) is 0. The number of methoxy groups -OCH3 is 1. The Kier molecular flexibility index (Phi) is 3.74. The first-order valence-electron chi connectivity index (χ1n) is 7.06. The first-order valence-corrected chi connectivity index (χ1v) is 10.5. The lowest BCUT2D eigenvalue weighted by atomic mass is 9.66. The monoisotopic (exact) mass is 306 g/mol. The van der Waals surface area contributed by atoms with Crippen molar-refractivity contribution in [3.05, 3.63) is 34.8 Å². The standard InChI is InChI=1S/C16H22O4Si/c1-10-11(20-21(4,5)6)7-8-16(2)13(17)9-12(19-3)15(18)14(10)16/h7,9H,8H2,1-6H3/t16-/m0/s1. The van der Waals surface area contributed by atoms with Crippen LogP contribution in [-0.2, 0) is 18.8 Å². The maximum absolute atomic E-state index is 12.6. The molecule has 0 saturated carbocycles. The number of rotatable bonds is 3. The second kappa shape index (κ2) is 4.98. The maximum atomic E-state index is 12.6. The molecule has 0 aromatic rings. The molecule has 0 aromatic carbocycles. The number of ketones is 2. The highest BCUT2D eigenvalue weighted by Gasteiger charge is 2.47. The van der Waals surface area contributed by atoms with Crippen LogP contribution in [0.5, 0.6) is 0 Å². The Morgan fingerprint density at radius 1 is 1.19 bits per heavy atom. The predicted molar refractivity (Wildman–Crippen MR) is 83.0 cm³/mol. The molecule has 2 rings (SSSR count). The molecule has 0 spiro atoms. The van der Waals surface area contributed by atoms with Gasteiger partial charge in [0.15, 0.2) is 11.5 Å². The summed E-state index contributed by atoms with van der Waals surface area (Å²) in [4.78, 5) is 25.0. The summed E-state index contributed by atoms with van der Waals surface area (Å²) in [6.45, 7) is 9.94. The number of hydrogen-bond acceptors (Lipinski definition) is 4. The van der Waals surface area contributed by atoms with Crippen LogP contribution in [0.2, 0.25) is 19.6 Å². The molecule has 4 nitrogen and oxygen atoms in total. The predicted octanol–water partition coefficient (Wildman–Crippen LogP) is 3.13. The number of carbonyl (C=O) groups is 2. The lowest BCUT2D eigenvalue weighted by molar-refractivity contribution is -0.127. The normalized spacial score (nSPS) is 26.2. The fraction of sp³-hybridized carbons (Fsp3) is 0.500. The van der Waals surface area contributed by atoms with Gasteiger partial charge < -0.3 is 9.16 Å². The van der Waals surface area contributed by atoms with E-state index in [1.54, 1.807) is 0 Å². The summed E-state index contributed by atoms with van der Waals surface area (Å²) in [6, 6.07) is 0. The Hall–Kier alpha value is -1.62. The van der Waals surface area contributed by atoms with Crippen LogP contribution in [0.15, 0.2) is 34.8 Å². The molecule has 0 heterocycles. The van der Waals surface area contributed by atoms with Crippen LogP contribution >= 0.6 is 0 Å². The summed E-state index contributed by atoms with van der Waals surface area (Å²) in [5.41, 5.74) is 0.477. The van der Waals surface area contributed by atoms with Crippen LogP contribution in [-0.4, -0.2) is 27.0 Å². The largest absolute Gasteiger partial charge is 0.544 e. The van der Waals surface area contributed by atoms with Gasteiger partial charge in [0.2, 0.25) is 14.1 Å². The van der Waals surface area contributed by atoms with Gasteiger partial charge in [-0.1, -0.05) is 0 Å². The van der Waals surface area contributed by atoms with Crippen molar-refractivity contribution in [3.63, 3.8) is 0 Å². The van der Waals surface area contributed by atoms with Crippen molar-refractivity contribution in [2.75, 3.05) is 7.11 Å². The molecule has 0 fully saturated rings. The van der Waals surface area contributed by atoms with Crippen LogP contribution in [0.1, 0.15) is 20.3 Å². The first-order chi connectivity index (χ1) is 9.60. The molecule has 2 aliphatic rings. The van der Waals surface area contributed by atoms with E-state index in [0.29, 0.717) is 12.0 Å². The molecular weight excluding hydrogens is 284 g/mol. The van der Waals surface area contributed by atoms with E-state index in [-0.39, 0.29) is 17.3 Å². The van der Waals surface area contributed by atoms with Crippen LogP contribution in [0, 0.1) is 5.41 Å². The second-order valence-electron chi connectivity index (χ2n) is 6.73. The summed E-state index contributed by atoms with van der Waals surface area (Å²) in [6.07, 6.45) is 3.74. The van der Waals surface area contributed by atoms with Gasteiger partial charge in [0.25, 0.3) is 0 Å². The second-order valence-corrected chi connectivity index (χ2v) is 11.2. The van der Waals surface area contributed by atoms with Gasteiger partial charge in [-0.2, -0.15) is 0 Å². The quantitative estimate of drug-likeness (QED) is 0.752. The number of Topliss-reactive ketones (excluding diaryl/α,β-unsaturated/α-hetero) is 1. The van der Waals surface area contributed by atoms with Gasteiger partial charge in [-0.25, -0.2) is 0 Å². The highest BCUT2D eigenvalue weighted by Crippen LogP contribution is 2.45. The molecule has 0 unspecified atom stereocenters. The summed E-state index contributed by atoms with van der Waals surface area (Å²) in [5, 5.41) is 0. The zero-order chi connectivity index (χ0) is 16.0. The molecule has 0 aliphatic heterocycles. The third kappa shape index (κ3) is 2.62. The van der Waals surface area contributed by atoms with E-state index in [4.69, 9.17) is 9.16 Å². The van der Waals surface area contributed by atoms with Crippen molar-refractivity contribution in [1.29, 1.82) is 0 Å². The van der Waals surface area contributed by atoms with Gasteiger partial charge in [-0.15, -0.1) is 0 Å². The fourth-order valence-corrected chi connectivity index (χ4v) is 3.70. The van der Waals surface area contributed by atoms with Gasteiger partial charge in [-0.3, -0.25) is 9.59 Å². The lowest BCUT2D eigenvalue weighted by Crippen LogP contribution is -2.40. The van der Waals surface area contributed by atoms with Gasteiger partial charge in [-0.05, 0) is 51.6 Å². The zero-order valence-corrected chi connectivity index (χ0v) is 14.5. The van der Waals surface area contributed by atoms with E-state index in [1.807, 2.05) is 19.9 Å². The van der Waals surface area contributed by atoms with Gasteiger partial charge in [0, 0.05) is 11.6 Å². The van der Waals surface area contributed by atoms with Crippen molar-refractivity contribution in [2.24, 2.45) is 5.41 Å². The lowest BCUT2D eigenvalue weighted by Gasteiger charge is -2.37. The maximum Gasteiger partial charge on any atom is 0.242 e. The van der Waals surface area contributed by atoms with Crippen LogP contribution in [0.25, 0.3) is 0 Å². The summed E-state index contributed by atoms with van der Waals surface area (Å²) in [7, 11) is -0.366. The zero-order valence-electron chi connectivity index (χ0n) is 13.5. The van der Waals surface area contributed by atoms with E-state index < -0.39 is 13.7 Å². The smallest absolute Gasteiger partial charge is 0.242 e. The van der Waals surface area contributed by atoms with Crippen molar-refractivity contribution in [1.82, 2.24) is 0 Å². The molecule has 0 saturated heterocycles. The minimum atomic E-state index is -1.78. The Bertz CT molecular complexity index is 604. The molecular formula is C16H22O4Si. The Morgan fingerprint density at radius 3 is 2.33 bits per heavy atom. The molecule has 5 heteroatoms. The average Bonchev–Trinajstić information content (AvgIpc) is 2.36. The van der Waals surface area contributed by atoms with E-state index >= 15 is 0 Å². The molecule has 114 valence electrons. The van der Waals surface area contributed by atoms with Crippen LogP contribution in [0.3, 0.4) is 0 Å². The number of allylic oxidation sites excluding steroid dienone is 4. The summed E-state index contributed by atoms with van der Waals surface area (Å²) >= 11 is 0. The minimum absolute atomic E-state index is 0.0865. The minimum Gasteiger partial charge on any atom is -0.544 e. The van der Waals surface area contributed by atoms with E-state index in [9.17, 15) is 9.59 Å². The topological polar surface area (TPSA) is 52.6 Å². The molecule has 0 bridgehead atoms. The van der Waals surface area contributed by atoms with Crippen molar-refractivity contribution in [2.45, 2.75) is 39.9 Å². The molecule has 2 aliphatic carbocycles. The third-order valence-corrected chi connectivity index (χ3v) is 4.72. The van der Waals surface area contributed by atoms with Crippen LogP contribution < -0.4 is 0 Å². The Labute approximate surface area is 126 Å². The van der Waals surface area contributed by atoms with Gasteiger partial charge in [0.1, 0.15) is 5.76 Å². The molecule has 0 aromatic heterocycles. The van der Waals surface area contributed by atoms with Crippen molar-refractivity contribution in [3.8, 4) is 0 Å². The SMILES string of the molecule is COC1=CC(=O)[C@]2(C)CC=C(O[Si](C)(C)C)C(C)=C2C1=O. The van der Waals surface area contributed by atoms with E-state index in [1.165, 1.54) is 13.2 Å². The highest BCUT2D eigenvalue weighted by molar-refractivity contribution is 6.70. The molecule has 1 atom stereocenters. The van der Waals surface area contributed by atoms with E-state index in [2.05, 4.69) is 19.6 Å².